The Morgan fingerprint density at radius 1 is 1.05 bits per heavy atom. The van der Waals surface area contributed by atoms with E-state index in [4.69, 9.17) is 9.63 Å². The number of aromatic carboxylic acids is 1. The highest BCUT2D eigenvalue weighted by molar-refractivity contribution is 6.04. The number of carbonyl (C=O) groups is 3. The van der Waals surface area contributed by atoms with Crippen molar-refractivity contribution in [2.45, 2.75) is 57.5 Å². The van der Waals surface area contributed by atoms with E-state index in [1.54, 1.807) is 0 Å². The second kappa shape index (κ2) is 11.4. The zero-order valence-corrected chi connectivity index (χ0v) is 21.0. The van der Waals surface area contributed by atoms with Crippen molar-refractivity contribution in [2.75, 3.05) is 0 Å². The number of nitrogens with zero attached hydrogens (tertiary/aromatic N) is 3. The average molecular weight is 515 g/mol. The van der Waals surface area contributed by atoms with Crippen molar-refractivity contribution in [3.05, 3.63) is 88.8 Å². The van der Waals surface area contributed by atoms with Gasteiger partial charge in [-0.2, -0.15) is 5.10 Å². The Balaban J connectivity index is 1.28. The summed E-state index contributed by atoms with van der Waals surface area (Å²) < 4.78 is 5.03. The maximum absolute atomic E-state index is 13.3. The SMILES string of the molecule is O=C(O)c1cc(CNC(=O)C(c2ccc(CN3N=C(c4ccccc4)CCC3=O)cc2)C2CCCC2)on1. The maximum atomic E-state index is 13.3. The third-order valence-electron chi connectivity index (χ3n) is 7.25. The van der Waals surface area contributed by atoms with E-state index in [9.17, 15) is 14.4 Å². The van der Waals surface area contributed by atoms with Gasteiger partial charge in [0, 0.05) is 18.9 Å². The zero-order chi connectivity index (χ0) is 26.5. The lowest BCUT2D eigenvalue weighted by Gasteiger charge is -2.25. The Morgan fingerprint density at radius 2 is 1.79 bits per heavy atom. The molecule has 0 bridgehead atoms. The highest BCUT2D eigenvalue weighted by Gasteiger charge is 2.32. The Morgan fingerprint density at radius 3 is 2.47 bits per heavy atom. The van der Waals surface area contributed by atoms with E-state index in [1.165, 1.54) is 11.1 Å². The Hall–Kier alpha value is -4.27. The van der Waals surface area contributed by atoms with Crippen molar-refractivity contribution in [2.24, 2.45) is 11.0 Å². The largest absolute Gasteiger partial charge is 0.476 e. The monoisotopic (exact) mass is 514 g/mol. The molecule has 196 valence electrons. The summed E-state index contributed by atoms with van der Waals surface area (Å²) in [6.45, 7) is 0.437. The van der Waals surface area contributed by atoms with Crippen LogP contribution in [-0.4, -0.2) is 38.8 Å². The van der Waals surface area contributed by atoms with Crippen molar-refractivity contribution in [3.8, 4) is 0 Å². The molecule has 1 aromatic heterocycles. The zero-order valence-electron chi connectivity index (χ0n) is 21.0. The summed E-state index contributed by atoms with van der Waals surface area (Å²) in [6, 6.07) is 19.1. The van der Waals surface area contributed by atoms with Crippen LogP contribution in [-0.2, 0) is 22.7 Å². The van der Waals surface area contributed by atoms with Crippen molar-refractivity contribution < 1.29 is 24.0 Å². The molecule has 2 amide bonds. The van der Waals surface area contributed by atoms with Gasteiger partial charge in [0.25, 0.3) is 0 Å². The van der Waals surface area contributed by atoms with E-state index in [0.29, 0.717) is 19.4 Å². The van der Waals surface area contributed by atoms with Crippen molar-refractivity contribution in [3.63, 3.8) is 0 Å². The molecule has 2 aliphatic rings. The first-order chi connectivity index (χ1) is 18.5. The number of hydrazone groups is 1. The summed E-state index contributed by atoms with van der Waals surface area (Å²) in [5.74, 6) is -1.11. The van der Waals surface area contributed by atoms with Crippen LogP contribution in [0.3, 0.4) is 0 Å². The Bertz CT molecular complexity index is 1330. The lowest BCUT2D eigenvalue weighted by atomic mass is 9.83. The summed E-state index contributed by atoms with van der Waals surface area (Å²) in [5, 5.41) is 21.6. The minimum absolute atomic E-state index is 0.00422. The van der Waals surface area contributed by atoms with Gasteiger partial charge in [-0.15, -0.1) is 0 Å². The summed E-state index contributed by atoms with van der Waals surface area (Å²) in [4.78, 5) is 36.9. The minimum atomic E-state index is -1.18. The first-order valence-corrected chi connectivity index (χ1v) is 13.0. The fourth-order valence-electron chi connectivity index (χ4n) is 5.27. The van der Waals surface area contributed by atoms with Gasteiger partial charge in [-0.1, -0.05) is 72.6 Å². The molecule has 1 aliphatic carbocycles. The van der Waals surface area contributed by atoms with Gasteiger partial charge in [-0.25, -0.2) is 9.80 Å². The molecule has 1 saturated carbocycles. The van der Waals surface area contributed by atoms with Gasteiger partial charge < -0.3 is 14.9 Å². The van der Waals surface area contributed by atoms with Crippen LogP contribution in [0.25, 0.3) is 0 Å². The van der Waals surface area contributed by atoms with Crippen LogP contribution in [0.2, 0.25) is 0 Å². The first-order valence-electron chi connectivity index (χ1n) is 13.0. The molecule has 1 atom stereocenters. The summed E-state index contributed by atoms with van der Waals surface area (Å²) >= 11 is 0. The van der Waals surface area contributed by atoms with Gasteiger partial charge in [0.15, 0.2) is 11.5 Å². The summed E-state index contributed by atoms with van der Waals surface area (Å²) in [6.07, 6.45) is 5.19. The quantitative estimate of drug-likeness (QED) is 0.433. The number of rotatable bonds is 9. The Labute approximate surface area is 220 Å². The third-order valence-corrected chi connectivity index (χ3v) is 7.25. The van der Waals surface area contributed by atoms with Crippen LogP contribution < -0.4 is 5.32 Å². The van der Waals surface area contributed by atoms with Crippen molar-refractivity contribution in [1.29, 1.82) is 0 Å². The number of hydrogen-bond acceptors (Lipinski definition) is 6. The van der Waals surface area contributed by atoms with Gasteiger partial charge in [0.05, 0.1) is 24.7 Å². The number of benzene rings is 2. The van der Waals surface area contributed by atoms with E-state index in [-0.39, 0.29) is 41.6 Å². The minimum Gasteiger partial charge on any atom is -0.476 e. The topological polar surface area (TPSA) is 125 Å². The smallest absolute Gasteiger partial charge is 0.358 e. The van der Waals surface area contributed by atoms with Crippen molar-refractivity contribution >= 4 is 23.5 Å². The summed E-state index contributed by atoms with van der Waals surface area (Å²) in [7, 11) is 0. The lowest BCUT2D eigenvalue weighted by molar-refractivity contribution is -0.132. The van der Waals surface area contributed by atoms with Crippen molar-refractivity contribution in [1.82, 2.24) is 15.5 Å². The molecular weight excluding hydrogens is 484 g/mol. The highest BCUT2D eigenvalue weighted by Crippen LogP contribution is 2.38. The van der Waals surface area contributed by atoms with Crippen LogP contribution in [0.5, 0.6) is 0 Å². The number of amides is 2. The number of carboxylic acid groups (broad SMARTS) is 1. The first kappa shape index (κ1) is 25.4. The molecular formula is C29H30N4O5. The third kappa shape index (κ3) is 5.82. The van der Waals surface area contributed by atoms with Crippen LogP contribution >= 0.6 is 0 Å². The predicted octanol–water partition coefficient (Wildman–Crippen LogP) is 4.49. The van der Waals surface area contributed by atoms with Crippen LogP contribution in [0.4, 0.5) is 0 Å². The van der Waals surface area contributed by atoms with Gasteiger partial charge in [0.2, 0.25) is 11.8 Å². The number of carbonyl (C=O) groups excluding carboxylic acids is 2. The molecule has 0 spiro atoms. The highest BCUT2D eigenvalue weighted by atomic mass is 16.5. The fourth-order valence-corrected chi connectivity index (χ4v) is 5.27. The maximum Gasteiger partial charge on any atom is 0.358 e. The Kier molecular flexibility index (Phi) is 7.62. The molecule has 0 saturated heterocycles. The van der Waals surface area contributed by atoms with E-state index in [1.807, 2.05) is 54.6 Å². The van der Waals surface area contributed by atoms with Gasteiger partial charge >= 0.3 is 5.97 Å². The predicted molar refractivity (Wildman–Crippen MR) is 139 cm³/mol. The van der Waals surface area contributed by atoms with E-state index >= 15 is 0 Å². The molecule has 38 heavy (non-hydrogen) atoms. The van der Waals surface area contributed by atoms with Crippen LogP contribution in [0.15, 0.2) is 70.3 Å². The summed E-state index contributed by atoms with van der Waals surface area (Å²) in [5.41, 5.74) is 3.59. The molecule has 2 aromatic carbocycles. The number of nitrogens with one attached hydrogen (secondary N) is 1. The molecule has 2 N–H and O–H groups in total. The fraction of sp³-hybridized carbons (Fsp3) is 0.345. The van der Waals surface area contributed by atoms with Crippen LogP contribution in [0, 0.1) is 5.92 Å². The second-order valence-corrected chi connectivity index (χ2v) is 9.83. The van der Waals surface area contributed by atoms with Gasteiger partial charge in [0.1, 0.15) is 0 Å². The molecule has 2 heterocycles. The van der Waals surface area contributed by atoms with Gasteiger partial charge in [-0.05, 0) is 35.4 Å². The standard InChI is InChI=1S/C29H30N4O5/c34-26-15-14-24(20-6-2-1-3-7-20)31-33(26)18-19-10-12-22(13-11-19)27(21-8-4-5-9-21)28(35)30-17-23-16-25(29(36)37)32-38-23/h1-3,6-7,10-13,16,21,27H,4-5,8-9,14-15,17-18H2,(H,30,35)(H,36,37). The number of aromatic nitrogens is 1. The lowest BCUT2D eigenvalue weighted by Crippen LogP contribution is -2.32. The molecule has 9 nitrogen and oxygen atoms in total. The normalized spacial score (nSPS) is 16.8. The van der Waals surface area contributed by atoms with E-state index in [2.05, 4.69) is 15.6 Å². The van der Waals surface area contributed by atoms with E-state index in [0.717, 1.165) is 48.1 Å². The van der Waals surface area contributed by atoms with Gasteiger partial charge in [-0.3, -0.25) is 9.59 Å². The number of carboxylic acids is 1. The molecule has 3 aromatic rings. The molecule has 1 aliphatic heterocycles. The molecule has 0 radical (unpaired) electrons. The van der Waals surface area contributed by atoms with Crippen LogP contribution in [0.1, 0.15) is 77.4 Å². The molecule has 9 heteroatoms. The number of hydrogen-bond donors (Lipinski definition) is 2. The van der Waals surface area contributed by atoms with E-state index < -0.39 is 5.97 Å². The molecule has 1 unspecified atom stereocenters. The average Bonchev–Trinajstić information content (AvgIpc) is 3.63. The molecule has 5 rings (SSSR count). The second-order valence-electron chi connectivity index (χ2n) is 9.83. The molecule has 1 fully saturated rings.